The van der Waals surface area contributed by atoms with Gasteiger partial charge in [-0.1, -0.05) is 96.8 Å². The molecule has 1 aliphatic rings. The van der Waals surface area contributed by atoms with E-state index in [1.165, 1.54) is 6.33 Å². The third-order valence-corrected chi connectivity index (χ3v) is 8.41. The zero-order valence-electron chi connectivity index (χ0n) is 27.8. The fourth-order valence-electron chi connectivity index (χ4n) is 5.86. The fraction of sp³-hybridized carbons (Fsp3) is 0.244. The van der Waals surface area contributed by atoms with Crippen molar-refractivity contribution in [1.29, 1.82) is 0 Å². The first-order chi connectivity index (χ1) is 24.0. The highest BCUT2D eigenvalue weighted by Gasteiger charge is 2.40. The summed E-state index contributed by atoms with van der Waals surface area (Å²) in [5, 5.41) is 9.15. The zero-order valence-corrected chi connectivity index (χ0v) is 27.8. The molecule has 0 bridgehead atoms. The van der Waals surface area contributed by atoms with Crippen LogP contribution in [0.1, 0.15) is 59.0 Å². The molecule has 49 heavy (non-hydrogen) atoms. The molecule has 0 aliphatic carbocycles. The van der Waals surface area contributed by atoms with E-state index in [0.29, 0.717) is 43.5 Å². The highest BCUT2D eigenvalue weighted by molar-refractivity contribution is 5.78. The molecule has 4 aromatic carbocycles. The van der Waals surface area contributed by atoms with Crippen LogP contribution in [-0.2, 0) is 26.2 Å². The zero-order chi connectivity index (χ0) is 34.0. The number of hydrogen-bond acceptors (Lipinski definition) is 6. The first kappa shape index (κ1) is 33.3. The van der Waals surface area contributed by atoms with Gasteiger partial charge in [0.05, 0.1) is 12.6 Å². The largest absolute Gasteiger partial charge is 0.482 e. The Morgan fingerprint density at radius 3 is 1.96 bits per heavy atom. The number of amides is 2. The number of aromatic nitrogens is 2. The maximum Gasteiger partial charge on any atom is 0.321 e. The minimum atomic E-state index is -0.141. The van der Waals surface area contributed by atoms with Crippen LogP contribution in [-0.4, -0.2) is 50.1 Å². The number of ether oxygens (including phenoxy) is 2. The molecule has 1 aromatic heterocycles. The number of nitrogens with zero attached hydrogens (tertiary/aromatic N) is 4. The maximum absolute atomic E-state index is 13.9. The summed E-state index contributed by atoms with van der Waals surface area (Å²) in [5.74, 6) is 7.23. The van der Waals surface area contributed by atoms with E-state index in [4.69, 9.17) is 14.6 Å². The van der Waals surface area contributed by atoms with Crippen LogP contribution < -0.4 is 9.47 Å². The first-order valence-electron chi connectivity index (χ1n) is 16.5. The molecule has 2 heterocycles. The first-order valence-corrected chi connectivity index (χ1v) is 16.5. The summed E-state index contributed by atoms with van der Waals surface area (Å²) in [5.41, 5.74) is 6.52. The van der Waals surface area contributed by atoms with E-state index >= 15 is 0 Å². The van der Waals surface area contributed by atoms with E-state index < -0.39 is 0 Å². The van der Waals surface area contributed by atoms with Crippen LogP contribution in [0.25, 0.3) is 0 Å². The summed E-state index contributed by atoms with van der Waals surface area (Å²) in [6.07, 6.45) is 2.10. The molecule has 248 valence electrons. The molecular weight excluding hydrogens is 612 g/mol. The molecular formula is C41H40N4O4. The molecule has 1 fully saturated rings. The number of aliphatic hydroxyl groups is 1. The van der Waals surface area contributed by atoms with Crippen LogP contribution in [0.2, 0.25) is 0 Å². The summed E-state index contributed by atoms with van der Waals surface area (Å²) in [7, 11) is 0. The van der Waals surface area contributed by atoms with Gasteiger partial charge in [0.25, 0.3) is 5.88 Å². The van der Waals surface area contributed by atoms with Crippen molar-refractivity contribution in [3.63, 3.8) is 0 Å². The van der Waals surface area contributed by atoms with E-state index in [2.05, 4.69) is 33.9 Å². The van der Waals surface area contributed by atoms with Gasteiger partial charge in [-0.05, 0) is 66.8 Å². The van der Waals surface area contributed by atoms with Gasteiger partial charge < -0.3 is 24.4 Å². The van der Waals surface area contributed by atoms with Crippen molar-refractivity contribution in [1.82, 2.24) is 19.8 Å². The molecule has 1 aliphatic heterocycles. The van der Waals surface area contributed by atoms with Crippen molar-refractivity contribution < 1.29 is 19.4 Å². The second-order valence-corrected chi connectivity index (χ2v) is 12.2. The lowest BCUT2D eigenvalue weighted by atomic mass is 10.0. The summed E-state index contributed by atoms with van der Waals surface area (Å²) in [6, 6.07) is 35.6. The van der Waals surface area contributed by atoms with Crippen LogP contribution in [0.3, 0.4) is 0 Å². The SMILES string of the molecule is CC(C)N1C(=O)N(Cc2ncnc(OCc3ccccc3)c2OCc2ccccc2)CC1c1ccc(C#Cc2ccc(CCO)cc2)cc1. The Morgan fingerprint density at radius 1 is 0.776 bits per heavy atom. The van der Waals surface area contributed by atoms with Gasteiger partial charge >= 0.3 is 6.03 Å². The lowest BCUT2D eigenvalue weighted by Gasteiger charge is -2.27. The third-order valence-electron chi connectivity index (χ3n) is 8.41. The second-order valence-electron chi connectivity index (χ2n) is 12.2. The van der Waals surface area contributed by atoms with Gasteiger partial charge in [0.2, 0.25) is 5.75 Å². The predicted molar refractivity (Wildman–Crippen MR) is 189 cm³/mol. The average Bonchev–Trinajstić information content (AvgIpc) is 3.46. The Labute approximate surface area is 288 Å². The van der Waals surface area contributed by atoms with Gasteiger partial charge in [0.15, 0.2) is 0 Å². The molecule has 0 saturated carbocycles. The van der Waals surface area contributed by atoms with Crippen molar-refractivity contribution in [2.45, 2.75) is 52.1 Å². The minimum absolute atomic E-state index is 0.0141. The Hall–Kier alpha value is -5.65. The summed E-state index contributed by atoms with van der Waals surface area (Å²) >= 11 is 0. The van der Waals surface area contributed by atoms with Crippen LogP contribution in [0.4, 0.5) is 4.79 Å². The second kappa shape index (κ2) is 16.0. The Morgan fingerprint density at radius 2 is 1.37 bits per heavy atom. The highest BCUT2D eigenvalue weighted by atomic mass is 16.5. The average molecular weight is 653 g/mol. The van der Waals surface area contributed by atoms with Crippen LogP contribution in [0.5, 0.6) is 11.6 Å². The smallest absolute Gasteiger partial charge is 0.321 e. The van der Waals surface area contributed by atoms with Crippen LogP contribution in [0, 0.1) is 11.8 Å². The molecule has 8 nitrogen and oxygen atoms in total. The van der Waals surface area contributed by atoms with Crippen molar-refractivity contribution in [2.24, 2.45) is 0 Å². The van der Waals surface area contributed by atoms with Gasteiger partial charge in [-0.3, -0.25) is 0 Å². The minimum Gasteiger partial charge on any atom is -0.482 e. The lowest BCUT2D eigenvalue weighted by molar-refractivity contribution is 0.171. The molecule has 1 saturated heterocycles. The predicted octanol–water partition coefficient (Wildman–Crippen LogP) is 6.96. The lowest BCUT2D eigenvalue weighted by Crippen LogP contribution is -2.37. The normalized spacial score (nSPS) is 14.1. The Bertz CT molecular complexity index is 1890. The summed E-state index contributed by atoms with van der Waals surface area (Å²) in [6.45, 7) is 5.57. The maximum atomic E-state index is 13.9. The molecule has 6 rings (SSSR count). The van der Waals surface area contributed by atoms with Crippen molar-refractivity contribution in [3.05, 3.63) is 155 Å². The topological polar surface area (TPSA) is 88.0 Å². The molecule has 0 radical (unpaired) electrons. The third kappa shape index (κ3) is 8.45. The highest BCUT2D eigenvalue weighted by Crippen LogP contribution is 2.35. The quantitative estimate of drug-likeness (QED) is 0.147. The molecule has 5 aromatic rings. The van der Waals surface area contributed by atoms with Gasteiger partial charge in [0.1, 0.15) is 25.2 Å². The van der Waals surface area contributed by atoms with Gasteiger partial charge in [-0.15, -0.1) is 0 Å². The van der Waals surface area contributed by atoms with E-state index in [9.17, 15) is 4.79 Å². The Kier molecular flexibility index (Phi) is 10.8. The number of benzene rings is 4. The molecule has 0 spiro atoms. The molecule has 1 atom stereocenters. The van der Waals surface area contributed by atoms with E-state index in [1.54, 1.807) is 0 Å². The van der Waals surface area contributed by atoms with E-state index in [-0.39, 0.29) is 31.3 Å². The Balaban J connectivity index is 1.20. The number of urea groups is 1. The van der Waals surface area contributed by atoms with Gasteiger partial charge in [-0.2, -0.15) is 4.98 Å². The summed E-state index contributed by atoms with van der Waals surface area (Å²) in [4.78, 5) is 26.7. The number of rotatable bonds is 12. The standard InChI is InChI=1S/C41H40N4O4/c1-30(2)45-38(36-21-19-32(20-22-36)14-13-31-15-17-33(18-16-31)23-24-46)26-44(41(45)47)25-37-39(48-27-34-9-5-3-6-10-34)40(43-29-42-37)49-28-35-11-7-4-8-12-35/h3-12,15-22,29-30,38,46H,23-28H2,1-2H3. The van der Waals surface area contributed by atoms with Crippen LogP contribution in [0.15, 0.2) is 116 Å². The van der Waals surface area contributed by atoms with E-state index in [1.807, 2.05) is 121 Å². The van der Waals surface area contributed by atoms with Crippen molar-refractivity contribution in [3.8, 4) is 23.5 Å². The molecule has 1 unspecified atom stereocenters. The monoisotopic (exact) mass is 652 g/mol. The van der Waals surface area contributed by atoms with Crippen molar-refractivity contribution >= 4 is 6.03 Å². The number of carbonyl (C=O) groups excluding carboxylic acids is 1. The fourth-order valence-corrected chi connectivity index (χ4v) is 5.86. The summed E-state index contributed by atoms with van der Waals surface area (Å²) < 4.78 is 12.5. The van der Waals surface area contributed by atoms with Gasteiger partial charge in [0, 0.05) is 30.3 Å². The molecule has 1 N–H and O–H groups in total. The van der Waals surface area contributed by atoms with Crippen molar-refractivity contribution in [2.75, 3.05) is 13.2 Å². The number of hydrogen-bond donors (Lipinski definition) is 1. The molecule has 8 heteroatoms. The molecule has 2 amide bonds. The number of carbonyl (C=O) groups is 1. The van der Waals surface area contributed by atoms with Gasteiger partial charge in [-0.25, -0.2) is 9.78 Å². The number of aliphatic hydroxyl groups excluding tert-OH is 1. The van der Waals surface area contributed by atoms with Crippen LogP contribution >= 0.6 is 0 Å². The van der Waals surface area contributed by atoms with E-state index in [0.717, 1.165) is 33.4 Å².